The molecule has 0 heterocycles. The summed E-state index contributed by atoms with van der Waals surface area (Å²) in [4.78, 5) is 0. The lowest BCUT2D eigenvalue weighted by molar-refractivity contribution is 1.46. The van der Waals surface area contributed by atoms with Crippen molar-refractivity contribution in [2.24, 2.45) is 0 Å². The lowest BCUT2D eigenvalue weighted by Gasteiger charge is -1.92. The zero-order valence-electron chi connectivity index (χ0n) is 5.91. The summed E-state index contributed by atoms with van der Waals surface area (Å²) in [6.45, 7) is 2.08. The van der Waals surface area contributed by atoms with Crippen molar-refractivity contribution in [2.75, 3.05) is 0 Å². The fourth-order valence-corrected chi connectivity index (χ4v) is 0.936. The first kappa shape index (κ1) is 7.42. The van der Waals surface area contributed by atoms with Crippen molar-refractivity contribution in [3.63, 3.8) is 0 Å². The average molecular weight is 150 g/mol. The van der Waals surface area contributed by atoms with E-state index in [1.165, 1.54) is 11.1 Å². The Balaban J connectivity index is 2.89. The Morgan fingerprint density at radius 3 is 2.30 bits per heavy atom. The van der Waals surface area contributed by atoms with E-state index in [4.69, 9.17) is 0 Å². The number of thiol groups is 1. The zero-order valence-corrected chi connectivity index (χ0v) is 6.81. The summed E-state index contributed by atoms with van der Waals surface area (Å²) >= 11 is 3.98. The summed E-state index contributed by atoms with van der Waals surface area (Å²) in [5.41, 5.74) is 2.48. The third kappa shape index (κ3) is 1.92. The Bertz CT molecular complexity index is 221. The van der Waals surface area contributed by atoms with Crippen LogP contribution in [0.5, 0.6) is 0 Å². The number of rotatable bonds is 1. The first-order valence-corrected chi connectivity index (χ1v) is 3.72. The van der Waals surface area contributed by atoms with Gasteiger partial charge in [0.15, 0.2) is 0 Å². The highest BCUT2D eigenvalue weighted by Gasteiger charge is 1.83. The molecule has 0 spiro atoms. The largest absolute Gasteiger partial charge is 0.151 e. The molecule has 0 saturated carbocycles. The quantitative estimate of drug-likeness (QED) is 0.585. The highest BCUT2D eigenvalue weighted by atomic mass is 32.1. The third-order valence-electron chi connectivity index (χ3n) is 1.34. The van der Waals surface area contributed by atoms with Crippen LogP contribution in [0.3, 0.4) is 0 Å². The Hall–Kier alpha value is -0.690. The predicted octanol–water partition coefficient (Wildman–Crippen LogP) is 2.90. The van der Waals surface area contributed by atoms with Gasteiger partial charge in [-0.1, -0.05) is 29.8 Å². The summed E-state index contributed by atoms with van der Waals surface area (Å²) in [5.74, 6) is 0. The van der Waals surface area contributed by atoms with E-state index in [0.29, 0.717) is 0 Å². The lowest BCUT2D eigenvalue weighted by atomic mass is 10.2. The van der Waals surface area contributed by atoms with Crippen molar-refractivity contribution in [3.05, 3.63) is 40.8 Å². The molecule has 0 aliphatic heterocycles. The van der Waals surface area contributed by atoms with E-state index >= 15 is 0 Å². The van der Waals surface area contributed by atoms with Crippen LogP contribution in [-0.4, -0.2) is 0 Å². The van der Waals surface area contributed by atoms with Crippen molar-refractivity contribution in [1.29, 1.82) is 0 Å². The van der Waals surface area contributed by atoms with Crippen LogP contribution in [-0.2, 0) is 0 Å². The SMILES string of the molecule is Cc1ccc(C=CS)cc1. The highest BCUT2D eigenvalue weighted by molar-refractivity contribution is 7.83. The molecule has 1 aromatic rings. The molecule has 0 atom stereocenters. The maximum Gasteiger partial charge on any atom is -0.0251 e. The van der Waals surface area contributed by atoms with Crippen LogP contribution in [0.1, 0.15) is 11.1 Å². The maximum absolute atomic E-state index is 3.98. The van der Waals surface area contributed by atoms with E-state index in [2.05, 4.69) is 43.8 Å². The van der Waals surface area contributed by atoms with Crippen molar-refractivity contribution < 1.29 is 0 Å². The topological polar surface area (TPSA) is 0 Å². The minimum absolute atomic E-state index is 1.20. The van der Waals surface area contributed by atoms with Gasteiger partial charge in [-0.25, -0.2) is 0 Å². The van der Waals surface area contributed by atoms with Gasteiger partial charge in [0.1, 0.15) is 0 Å². The van der Waals surface area contributed by atoms with E-state index in [-0.39, 0.29) is 0 Å². The summed E-state index contributed by atoms with van der Waals surface area (Å²) in [6, 6.07) is 8.32. The summed E-state index contributed by atoms with van der Waals surface area (Å²) in [7, 11) is 0. The molecule has 0 nitrogen and oxygen atoms in total. The van der Waals surface area contributed by atoms with E-state index in [9.17, 15) is 0 Å². The molecule has 1 rings (SSSR count). The van der Waals surface area contributed by atoms with Gasteiger partial charge in [0.2, 0.25) is 0 Å². The van der Waals surface area contributed by atoms with Gasteiger partial charge >= 0.3 is 0 Å². The highest BCUT2D eigenvalue weighted by Crippen LogP contribution is 2.04. The minimum Gasteiger partial charge on any atom is -0.151 e. The first-order chi connectivity index (χ1) is 4.83. The molecule has 0 fully saturated rings. The van der Waals surface area contributed by atoms with Gasteiger partial charge in [0.25, 0.3) is 0 Å². The molecular formula is C9H10S. The predicted molar refractivity (Wildman–Crippen MR) is 49.2 cm³/mol. The Kier molecular flexibility index (Phi) is 2.57. The molecule has 0 bridgehead atoms. The Morgan fingerprint density at radius 1 is 1.20 bits per heavy atom. The van der Waals surface area contributed by atoms with Gasteiger partial charge in [-0.3, -0.25) is 0 Å². The molecule has 52 valence electrons. The summed E-state index contributed by atoms with van der Waals surface area (Å²) in [6.07, 6.45) is 1.96. The zero-order chi connectivity index (χ0) is 7.40. The molecule has 1 heteroatoms. The lowest BCUT2D eigenvalue weighted by Crippen LogP contribution is -1.71. The summed E-state index contributed by atoms with van der Waals surface area (Å²) in [5, 5.41) is 1.74. The molecular weight excluding hydrogens is 140 g/mol. The standard InChI is InChI=1S/C9H10S/c1-8-2-4-9(5-3-8)6-7-10/h2-7,10H,1H3. The van der Waals surface area contributed by atoms with Crippen LogP contribution >= 0.6 is 12.6 Å². The second-order valence-corrected chi connectivity index (χ2v) is 2.52. The molecule has 0 aromatic heterocycles. The van der Waals surface area contributed by atoms with Crippen LogP contribution in [0.2, 0.25) is 0 Å². The van der Waals surface area contributed by atoms with Crippen LogP contribution in [0.15, 0.2) is 29.7 Å². The summed E-state index contributed by atoms with van der Waals surface area (Å²) < 4.78 is 0. The second-order valence-electron chi connectivity index (χ2n) is 2.23. The van der Waals surface area contributed by atoms with Crippen molar-refractivity contribution in [2.45, 2.75) is 6.92 Å². The van der Waals surface area contributed by atoms with Gasteiger partial charge in [0.05, 0.1) is 0 Å². The number of benzene rings is 1. The molecule has 0 amide bonds. The van der Waals surface area contributed by atoms with E-state index in [1.54, 1.807) is 5.41 Å². The van der Waals surface area contributed by atoms with Gasteiger partial charge in [0, 0.05) is 0 Å². The first-order valence-electron chi connectivity index (χ1n) is 3.20. The van der Waals surface area contributed by atoms with Crippen LogP contribution in [0.25, 0.3) is 6.08 Å². The smallest absolute Gasteiger partial charge is 0.0251 e. The van der Waals surface area contributed by atoms with Gasteiger partial charge in [-0.2, -0.15) is 12.6 Å². The third-order valence-corrected chi connectivity index (χ3v) is 1.49. The van der Waals surface area contributed by atoms with Crippen LogP contribution < -0.4 is 0 Å². The second kappa shape index (κ2) is 3.47. The molecule has 0 saturated heterocycles. The van der Waals surface area contributed by atoms with E-state index in [0.717, 1.165) is 0 Å². The van der Waals surface area contributed by atoms with Gasteiger partial charge < -0.3 is 0 Å². The Morgan fingerprint density at radius 2 is 1.80 bits per heavy atom. The van der Waals surface area contributed by atoms with Crippen LogP contribution in [0, 0.1) is 6.92 Å². The maximum atomic E-state index is 3.98. The molecule has 1 aromatic carbocycles. The fraction of sp³-hybridized carbons (Fsp3) is 0.111. The molecule has 0 aliphatic carbocycles. The van der Waals surface area contributed by atoms with E-state index in [1.807, 2.05) is 6.08 Å². The van der Waals surface area contributed by atoms with Crippen molar-refractivity contribution >= 4 is 18.7 Å². The molecule has 0 unspecified atom stereocenters. The number of hydrogen-bond donors (Lipinski definition) is 1. The minimum atomic E-state index is 1.20. The van der Waals surface area contributed by atoms with Crippen LogP contribution in [0.4, 0.5) is 0 Å². The molecule has 0 radical (unpaired) electrons. The average Bonchev–Trinajstić information content (AvgIpc) is 1.95. The Labute approximate surface area is 67.0 Å². The number of hydrogen-bond acceptors (Lipinski definition) is 1. The monoisotopic (exact) mass is 150 g/mol. The van der Waals surface area contributed by atoms with Gasteiger partial charge in [-0.15, -0.1) is 0 Å². The van der Waals surface area contributed by atoms with Gasteiger partial charge in [-0.05, 0) is 24.0 Å². The molecule has 0 aliphatic rings. The van der Waals surface area contributed by atoms with Crippen molar-refractivity contribution in [1.82, 2.24) is 0 Å². The fourth-order valence-electron chi connectivity index (χ4n) is 0.764. The normalized spacial score (nSPS) is 10.6. The van der Waals surface area contributed by atoms with E-state index < -0.39 is 0 Å². The molecule has 0 N–H and O–H groups in total. The number of aryl methyl sites for hydroxylation is 1. The molecule has 10 heavy (non-hydrogen) atoms. The van der Waals surface area contributed by atoms with Crippen molar-refractivity contribution in [3.8, 4) is 0 Å².